The lowest BCUT2D eigenvalue weighted by molar-refractivity contribution is -0.133. The quantitative estimate of drug-likeness (QED) is 0.571. The Morgan fingerprint density at radius 2 is 2.31 bits per heavy atom. The van der Waals surface area contributed by atoms with E-state index in [2.05, 4.69) is 0 Å². The number of carbonyl (C=O) groups excluding carboxylic acids is 1. The molecule has 1 unspecified atom stereocenters. The summed E-state index contributed by atoms with van der Waals surface area (Å²) in [5.74, 6) is 0.276. The largest absolute Gasteiger partial charge is 0.423 e. The lowest BCUT2D eigenvalue weighted by Gasteiger charge is -2.24. The monoisotopic (exact) mass is 180 g/mol. The third-order valence-corrected chi connectivity index (χ3v) is 2.58. The van der Waals surface area contributed by atoms with Crippen molar-refractivity contribution in [1.82, 2.24) is 0 Å². The molecule has 0 aromatic heterocycles. The number of allylic oxidation sites excluding steroid dienone is 1. The molecule has 0 aromatic carbocycles. The van der Waals surface area contributed by atoms with Crippen LogP contribution in [0.2, 0.25) is 0 Å². The lowest BCUT2D eigenvalue weighted by atomic mass is 9.88. The number of rotatable bonds is 0. The van der Waals surface area contributed by atoms with Crippen molar-refractivity contribution in [2.24, 2.45) is 0 Å². The molecule has 1 heterocycles. The third kappa shape index (κ3) is 1.29. The maximum absolute atomic E-state index is 11.1. The third-order valence-electron chi connectivity index (χ3n) is 2.58. The first kappa shape index (κ1) is 8.51. The van der Waals surface area contributed by atoms with Gasteiger partial charge in [-0.2, -0.15) is 0 Å². The fourth-order valence-electron chi connectivity index (χ4n) is 1.71. The van der Waals surface area contributed by atoms with Gasteiger partial charge in [0.25, 0.3) is 0 Å². The van der Waals surface area contributed by atoms with Crippen LogP contribution in [0.1, 0.15) is 26.7 Å². The molecule has 0 spiro atoms. The average molecular weight is 180 g/mol. The molecule has 1 N–H and O–H groups in total. The molecule has 0 aromatic rings. The summed E-state index contributed by atoms with van der Waals surface area (Å²) in [6.07, 6.45) is 3.00. The average Bonchev–Trinajstić information content (AvgIpc) is 2.25. The van der Waals surface area contributed by atoms with Crippen molar-refractivity contribution in [2.45, 2.75) is 32.3 Å². The zero-order chi connectivity index (χ0) is 9.64. The van der Waals surface area contributed by atoms with Crippen LogP contribution < -0.4 is 0 Å². The second-order valence-corrected chi connectivity index (χ2v) is 3.86. The summed E-state index contributed by atoms with van der Waals surface area (Å²) in [5, 5.41) is 9.70. The lowest BCUT2D eigenvalue weighted by Crippen LogP contribution is -2.25. The molecule has 3 nitrogen and oxygen atoms in total. The minimum atomic E-state index is -0.830. The maximum atomic E-state index is 11.1. The summed E-state index contributed by atoms with van der Waals surface area (Å²) in [5.41, 5.74) is 0.808. The van der Waals surface area contributed by atoms with Crippen LogP contribution in [0.3, 0.4) is 0 Å². The van der Waals surface area contributed by atoms with Gasteiger partial charge in [-0.1, -0.05) is 0 Å². The van der Waals surface area contributed by atoms with E-state index in [1.54, 1.807) is 19.9 Å². The van der Waals surface area contributed by atoms with Crippen molar-refractivity contribution in [1.29, 1.82) is 0 Å². The van der Waals surface area contributed by atoms with Crippen molar-refractivity contribution in [3.8, 4) is 0 Å². The Kier molecular flexibility index (Phi) is 1.60. The smallest absolute Gasteiger partial charge is 0.339 e. The van der Waals surface area contributed by atoms with Gasteiger partial charge in [0, 0.05) is 11.1 Å². The number of fused-ring (bicyclic) bond motifs is 1. The van der Waals surface area contributed by atoms with Gasteiger partial charge >= 0.3 is 5.97 Å². The first-order valence-corrected chi connectivity index (χ1v) is 4.37. The molecule has 0 bridgehead atoms. The first-order valence-electron chi connectivity index (χ1n) is 4.37. The number of carbonyl (C=O) groups is 1. The molecule has 0 saturated carbocycles. The molecule has 0 radical (unpaired) electrons. The van der Waals surface area contributed by atoms with Crippen LogP contribution >= 0.6 is 0 Å². The Hall–Kier alpha value is -1.09. The van der Waals surface area contributed by atoms with Crippen LogP contribution in [-0.4, -0.2) is 16.7 Å². The van der Waals surface area contributed by atoms with Crippen molar-refractivity contribution in [2.75, 3.05) is 0 Å². The molecule has 13 heavy (non-hydrogen) atoms. The van der Waals surface area contributed by atoms with E-state index in [9.17, 15) is 9.90 Å². The molecule has 0 amide bonds. The van der Waals surface area contributed by atoms with E-state index < -0.39 is 5.60 Å². The van der Waals surface area contributed by atoms with Gasteiger partial charge in [0.05, 0.1) is 5.60 Å². The molecular weight excluding hydrogens is 168 g/mol. The van der Waals surface area contributed by atoms with E-state index in [0.29, 0.717) is 17.8 Å². The standard InChI is InChI=1S/C10H12O3/c1-6-7-3-4-10(2,12)5-8(7)13-9(6)11/h5,12H,3-4H2,1-2H3. The zero-order valence-corrected chi connectivity index (χ0v) is 7.76. The summed E-state index contributed by atoms with van der Waals surface area (Å²) >= 11 is 0. The Morgan fingerprint density at radius 3 is 3.00 bits per heavy atom. The van der Waals surface area contributed by atoms with Crippen molar-refractivity contribution >= 4 is 5.97 Å². The van der Waals surface area contributed by atoms with Crippen LogP contribution in [0.5, 0.6) is 0 Å². The van der Waals surface area contributed by atoms with Crippen LogP contribution in [0.4, 0.5) is 0 Å². The summed E-state index contributed by atoms with van der Waals surface area (Å²) < 4.78 is 5.00. The van der Waals surface area contributed by atoms with Crippen LogP contribution in [-0.2, 0) is 9.53 Å². The molecule has 1 aliphatic heterocycles. The van der Waals surface area contributed by atoms with Crippen LogP contribution in [0, 0.1) is 0 Å². The molecule has 1 atom stereocenters. The molecular formula is C10H12O3. The predicted octanol–water partition coefficient (Wildman–Crippen LogP) is 1.29. The summed E-state index contributed by atoms with van der Waals surface area (Å²) in [6, 6.07) is 0. The Labute approximate surface area is 76.7 Å². The van der Waals surface area contributed by atoms with E-state index in [4.69, 9.17) is 4.74 Å². The minimum absolute atomic E-state index is 0.279. The van der Waals surface area contributed by atoms with Gasteiger partial charge in [-0.3, -0.25) is 0 Å². The van der Waals surface area contributed by atoms with Gasteiger partial charge in [-0.15, -0.1) is 0 Å². The fraction of sp³-hybridized carbons (Fsp3) is 0.500. The predicted molar refractivity (Wildman–Crippen MR) is 46.7 cm³/mol. The maximum Gasteiger partial charge on any atom is 0.339 e. The normalized spacial score (nSPS) is 32.8. The molecule has 2 aliphatic rings. The number of aliphatic hydroxyl groups is 1. The second kappa shape index (κ2) is 2.45. The van der Waals surface area contributed by atoms with Gasteiger partial charge in [0.2, 0.25) is 0 Å². The van der Waals surface area contributed by atoms with Crippen LogP contribution in [0.15, 0.2) is 23.0 Å². The highest BCUT2D eigenvalue weighted by Gasteiger charge is 2.34. The van der Waals surface area contributed by atoms with Crippen molar-refractivity contribution in [3.05, 3.63) is 23.0 Å². The Bertz CT molecular complexity index is 334. The molecule has 1 aliphatic carbocycles. The van der Waals surface area contributed by atoms with E-state index in [0.717, 1.165) is 12.0 Å². The highest BCUT2D eigenvalue weighted by molar-refractivity contribution is 5.94. The SMILES string of the molecule is CC1=C2CCC(C)(O)C=C2OC1=O. The topological polar surface area (TPSA) is 46.5 Å². The van der Waals surface area contributed by atoms with Gasteiger partial charge in [0.1, 0.15) is 5.76 Å². The molecule has 2 rings (SSSR count). The Balaban J connectivity index is 2.44. The number of ether oxygens (including phenoxy) is 1. The molecule has 3 heteroatoms. The highest BCUT2D eigenvalue weighted by Crippen LogP contribution is 2.37. The molecule has 70 valence electrons. The van der Waals surface area contributed by atoms with E-state index in [-0.39, 0.29) is 5.97 Å². The van der Waals surface area contributed by atoms with Gasteiger partial charge < -0.3 is 9.84 Å². The van der Waals surface area contributed by atoms with E-state index in [1.807, 2.05) is 0 Å². The van der Waals surface area contributed by atoms with E-state index in [1.165, 1.54) is 0 Å². The number of esters is 1. The number of hydrogen-bond acceptors (Lipinski definition) is 3. The minimum Gasteiger partial charge on any atom is -0.423 e. The summed E-state index contributed by atoms with van der Waals surface area (Å²) in [4.78, 5) is 11.1. The van der Waals surface area contributed by atoms with Gasteiger partial charge in [-0.05, 0) is 32.8 Å². The highest BCUT2D eigenvalue weighted by atomic mass is 16.5. The van der Waals surface area contributed by atoms with Crippen molar-refractivity contribution in [3.63, 3.8) is 0 Å². The van der Waals surface area contributed by atoms with Gasteiger partial charge in [-0.25, -0.2) is 4.79 Å². The zero-order valence-electron chi connectivity index (χ0n) is 7.76. The van der Waals surface area contributed by atoms with Gasteiger partial charge in [0.15, 0.2) is 0 Å². The van der Waals surface area contributed by atoms with E-state index >= 15 is 0 Å². The fourth-order valence-corrected chi connectivity index (χ4v) is 1.71. The van der Waals surface area contributed by atoms with Crippen molar-refractivity contribution < 1.29 is 14.6 Å². The Morgan fingerprint density at radius 1 is 1.62 bits per heavy atom. The summed E-state index contributed by atoms with van der Waals surface area (Å²) in [6.45, 7) is 3.48. The molecule has 0 fully saturated rings. The number of hydrogen-bond donors (Lipinski definition) is 1. The first-order chi connectivity index (χ1) is 5.99. The second-order valence-electron chi connectivity index (χ2n) is 3.86. The van der Waals surface area contributed by atoms with Crippen LogP contribution in [0.25, 0.3) is 0 Å². The molecule has 0 saturated heterocycles. The summed E-state index contributed by atoms with van der Waals surface area (Å²) in [7, 11) is 0.